The minimum absolute atomic E-state index is 0.175. The smallest absolute Gasteiger partial charge is 0.264 e. The van der Waals surface area contributed by atoms with Gasteiger partial charge in [-0.1, -0.05) is 24.3 Å². The molecule has 1 aliphatic rings. The topological polar surface area (TPSA) is 94.2 Å². The van der Waals surface area contributed by atoms with Crippen LogP contribution in [-0.2, 0) is 27.8 Å². The molecule has 0 aliphatic carbocycles. The molecule has 1 N–H and O–H groups in total. The second-order valence-electron chi connectivity index (χ2n) is 7.68. The summed E-state index contributed by atoms with van der Waals surface area (Å²) in [6.45, 7) is 0.524. The Balaban J connectivity index is 1.32. The fourth-order valence-electron chi connectivity index (χ4n) is 3.78. The fourth-order valence-corrected chi connectivity index (χ4v) is 5.29. The molecular weight excluding hydrogens is 456 g/mol. The maximum Gasteiger partial charge on any atom is 0.264 e. The lowest BCUT2D eigenvalue weighted by atomic mass is 10.2. The molecule has 0 aromatic heterocycles. The van der Waals surface area contributed by atoms with Crippen molar-refractivity contribution in [2.45, 2.75) is 17.9 Å². The third-order valence-corrected chi connectivity index (χ3v) is 7.39. The molecule has 0 unspecified atom stereocenters. The number of para-hydroxylation sites is 1. The summed E-state index contributed by atoms with van der Waals surface area (Å²) in [6.07, 6.45) is 0.690. The van der Waals surface area contributed by atoms with Crippen molar-refractivity contribution in [3.8, 4) is 17.2 Å². The molecule has 1 aliphatic heterocycles. The van der Waals surface area contributed by atoms with Gasteiger partial charge < -0.3 is 19.5 Å². The molecule has 1 amide bonds. The Labute approximate surface area is 199 Å². The molecule has 0 saturated heterocycles. The Kier molecular flexibility index (Phi) is 6.93. The van der Waals surface area contributed by atoms with Gasteiger partial charge in [0.05, 0.1) is 24.8 Å². The van der Waals surface area contributed by atoms with Crippen molar-refractivity contribution in [3.63, 3.8) is 0 Å². The number of nitrogens with one attached hydrogen (secondary N) is 1. The highest BCUT2D eigenvalue weighted by Crippen LogP contribution is 2.33. The number of hydrogen-bond acceptors (Lipinski definition) is 6. The van der Waals surface area contributed by atoms with Crippen LogP contribution in [0.15, 0.2) is 71.6 Å². The van der Waals surface area contributed by atoms with Gasteiger partial charge in [0.1, 0.15) is 5.75 Å². The average molecular weight is 483 g/mol. The highest BCUT2D eigenvalue weighted by molar-refractivity contribution is 7.92. The van der Waals surface area contributed by atoms with E-state index in [1.54, 1.807) is 38.5 Å². The third kappa shape index (κ3) is 4.94. The molecule has 8 nitrogen and oxygen atoms in total. The number of rotatable bonds is 9. The summed E-state index contributed by atoms with van der Waals surface area (Å²) < 4.78 is 43.6. The Bertz CT molecular complexity index is 1270. The van der Waals surface area contributed by atoms with E-state index in [2.05, 4.69) is 5.32 Å². The Morgan fingerprint density at radius 2 is 1.71 bits per heavy atom. The number of sulfonamides is 1. The molecule has 3 aromatic carbocycles. The SMILES string of the molecule is COc1ccc(CNC(=O)COc2ccc(S(=O)(=O)N3CCc4ccccc43)cc2)cc1OC. The van der Waals surface area contributed by atoms with Crippen LogP contribution in [0, 0.1) is 0 Å². The van der Waals surface area contributed by atoms with Gasteiger partial charge in [0.15, 0.2) is 18.1 Å². The normalized spacial score (nSPS) is 12.7. The first kappa shape index (κ1) is 23.4. The van der Waals surface area contributed by atoms with Crippen molar-refractivity contribution < 1.29 is 27.4 Å². The number of nitrogens with zero attached hydrogens (tertiary/aromatic N) is 1. The van der Waals surface area contributed by atoms with Gasteiger partial charge in [-0.25, -0.2) is 8.42 Å². The van der Waals surface area contributed by atoms with Gasteiger partial charge in [-0.2, -0.15) is 0 Å². The van der Waals surface area contributed by atoms with Crippen molar-refractivity contribution >= 4 is 21.6 Å². The first-order valence-electron chi connectivity index (χ1n) is 10.7. The molecule has 0 radical (unpaired) electrons. The molecule has 4 rings (SSSR count). The molecule has 0 fully saturated rings. The van der Waals surface area contributed by atoms with Crippen LogP contribution >= 0.6 is 0 Å². The standard InChI is InChI=1S/C25H26N2O6S/c1-31-23-12-7-18(15-24(23)32-2)16-26-25(28)17-33-20-8-10-21(11-9-20)34(29,30)27-14-13-19-5-3-4-6-22(19)27/h3-12,15H,13-14,16-17H2,1-2H3,(H,26,28). The first-order valence-corrected chi connectivity index (χ1v) is 12.2. The predicted octanol–water partition coefficient (Wildman–Crippen LogP) is 3.15. The van der Waals surface area contributed by atoms with Crippen LogP contribution in [0.4, 0.5) is 5.69 Å². The van der Waals surface area contributed by atoms with Gasteiger partial charge in [-0.3, -0.25) is 9.10 Å². The summed E-state index contributed by atoms with van der Waals surface area (Å²) in [4.78, 5) is 12.4. The number of methoxy groups -OCH3 is 2. The lowest BCUT2D eigenvalue weighted by Gasteiger charge is -2.19. The maximum atomic E-state index is 13.1. The zero-order valence-electron chi connectivity index (χ0n) is 19.0. The van der Waals surface area contributed by atoms with E-state index < -0.39 is 10.0 Å². The highest BCUT2D eigenvalue weighted by atomic mass is 32.2. The highest BCUT2D eigenvalue weighted by Gasteiger charge is 2.30. The number of fused-ring (bicyclic) bond motifs is 1. The van der Waals surface area contributed by atoms with Gasteiger partial charge in [0.2, 0.25) is 0 Å². The van der Waals surface area contributed by atoms with Crippen molar-refractivity contribution in [2.75, 3.05) is 31.7 Å². The van der Waals surface area contributed by atoms with Crippen LogP contribution in [-0.4, -0.2) is 41.7 Å². The van der Waals surface area contributed by atoms with E-state index in [1.807, 2.05) is 30.3 Å². The predicted molar refractivity (Wildman–Crippen MR) is 128 cm³/mol. The molecule has 0 atom stereocenters. The lowest BCUT2D eigenvalue weighted by Crippen LogP contribution is -2.29. The molecular formula is C25H26N2O6S. The van der Waals surface area contributed by atoms with Crippen molar-refractivity contribution in [1.82, 2.24) is 5.32 Å². The number of amides is 1. The zero-order chi connectivity index (χ0) is 24.1. The summed E-state index contributed by atoms with van der Waals surface area (Å²) in [5.41, 5.74) is 2.59. The summed E-state index contributed by atoms with van der Waals surface area (Å²) in [6, 6.07) is 19.0. The second-order valence-corrected chi connectivity index (χ2v) is 9.54. The van der Waals surface area contributed by atoms with Crippen molar-refractivity contribution in [3.05, 3.63) is 77.9 Å². The van der Waals surface area contributed by atoms with Gasteiger partial charge >= 0.3 is 0 Å². The van der Waals surface area contributed by atoms with Crippen LogP contribution in [0.3, 0.4) is 0 Å². The fraction of sp³-hybridized carbons (Fsp3) is 0.240. The Morgan fingerprint density at radius 3 is 2.44 bits per heavy atom. The first-order chi connectivity index (χ1) is 16.4. The Morgan fingerprint density at radius 1 is 0.971 bits per heavy atom. The summed E-state index contributed by atoms with van der Waals surface area (Å²) in [5.74, 6) is 1.29. The number of carbonyl (C=O) groups excluding carboxylic acids is 1. The van der Waals surface area contributed by atoms with Crippen molar-refractivity contribution in [2.24, 2.45) is 0 Å². The van der Waals surface area contributed by atoms with Gasteiger partial charge in [0.25, 0.3) is 15.9 Å². The van der Waals surface area contributed by atoms with Crippen LogP contribution in [0.2, 0.25) is 0 Å². The molecule has 178 valence electrons. The summed E-state index contributed by atoms with van der Waals surface area (Å²) >= 11 is 0. The number of carbonyl (C=O) groups is 1. The molecule has 0 spiro atoms. The van der Waals surface area contributed by atoms with Crippen molar-refractivity contribution in [1.29, 1.82) is 0 Å². The van der Waals surface area contributed by atoms with Gasteiger partial charge in [-0.05, 0) is 60.0 Å². The third-order valence-electron chi connectivity index (χ3n) is 5.56. The van der Waals surface area contributed by atoms with Gasteiger partial charge in [0, 0.05) is 13.1 Å². The monoisotopic (exact) mass is 482 g/mol. The Hall–Kier alpha value is -3.72. The van der Waals surface area contributed by atoms with E-state index in [-0.39, 0.29) is 17.4 Å². The van der Waals surface area contributed by atoms with Gasteiger partial charge in [-0.15, -0.1) is 0 Å². The maximum absolute atomic E-state index is 13.1. The van der Waals surface area contributed by atoms with Crippen LogP contribution < -0.4 is 23.8 Å². The molecule has 0 bridgehead atoms. The summed E-state index contributed by atoms with van der Waals surface area (Å²) in [5, 5.41) is 2.78. The molecule has 34 heavy (non-hydrogen) atoms. The zero-order valence-corrected chi connectivity index (χ0v) is 19.8. The van der Waals surface area contributed by atoms with E-state index in [0.717, 1.165) is 11.1 Å². The lowest BCUT2D eigenvalue weighted by molar-refractivity contribution is -0.123. The van der Waals surface area contributed by atoms with E-state index in [0.29, 0.717) is 42.4 Å². The van der Waals surface area contributed by atoms with E-state index in [9.17, 15) is 13.2 Å². The van der Waals surface area contributed by atoms with E-state index >= 15 is 0 Å². The largest absolute Gasteiger partial charge is 0.493 e. The number of hydrogen-bond donors (Lipinski definition) is 1. The molecule has 1 heterocycles. The average Bonchev–Trinajstić information content (AvgIpc) is 3.31. The second kappa shape index (κ2) is 10.0. The number of ether oxygens (including phenoxy) is 3. The van der Waals surface area contributed by atoms with Crippen LogP contribution in [0.25, 0.3) is 0 Å². The molecule has 0 saturated carbocycles. The molecule has 9 heteroatoms. The van der Waals surface area contributed by atoms with E-state index in [1.165, 1.54) is 16.4 Å². The van der Waals surface area contributed by atoms with E-state index in [4.69, 9.17) is 14.2 Å². The quantitative estimate of drug-likeness (QED) is 0.504. The minimum Gasteiger partial charge on any atom is -0.493 e. The van der Waals surface area contributed by atoms with Crippen LogP contribution in [0.5, 0.6) is 17.2 Å². The number of anilines is 1. The minimum atomic E-state index is -3.67. The molecule has 3 aromatic rings. The summed E-state index contributed by atoms with van der Waals surface area (Å²) in [7, 11) is -0.561. The van der Waals surface area contributed by atoms with Crippen LogP contribution in [0.1, 0.15) is 11.1 Å². The number of benzene rings is 3.